The third-order valence-electron chi connectivity index (χ3n) is 2.16. The summed E-state index contributed by atoms with van der Waals surface area (Å²) in [6.45, 7) is 1.36. The van der Waals surface area contributed by atoms with Gasteiger partial charge < -0.3 is 4.52 Å². The molecule has 0 fully saturated rings. The van der Waals surface area contributed by atoms with Gasteiger partial charge in [0.25, 0.3) is 0 Å². The molecule has 0 saturated carbocycles. The molecule has 0 amide bonds. The van der Waals surface area contributed by atoms with E-state index in [1.54, 1.807) is 0 Å². The van der Waals surface area contributed by atoms with Crippen LogP contribution in [0.3, 0.4) is 0 Å². The minimum absolute atomic E-state index is 0.0719. The molecular weight excluding hydrogens is 276 g/mol. The van der Waals surface area contributed by atoms with Gasteiger partial charge in [-0.15, -0.1) is 0 Å². The first kappa shape index (κ1) is 12.8. The molecule has 0 radical (unpaired) electrons. The molecule has 96 valence electrons. The first-order valence-corrected chi connectivity index (χ1v) is 5.04. The van der Waals surface area contributed by atoms with E-state index in [4.69, 9.17) is 0 Å². The Labute approximate surface area is 103 Å². The lowest BCUT2D eigenvalue weighted by atomic mass is 10.1. The maximum absolute atomic E-state index is 13.5. The molecule has 0 aliphatic rings. The largest absolute Gasteiger partial charge is 0.400 e. The van der Waals surface area contributed by atoms with Crippen LogP contribution in [0.1, 0.15) is 11.5 Å². The summed E-state index contributed by atoms with van der Waals surface area (Å²) in [5, 5.41) is -0.729. The fourth-order valence-electron chi connectivity index (χ4n) is 1.27. The van der Waals surface area contributed by atoms with Gasteiger partial charge >= 0.3 is 11.3 Å². The molecule has 0 bridgehead atoms. The van der Waals surface area contributed by atoms with Gasteiger partial charge in [-0.25, -0.2) is 8.78 Å². The third-order valence-corrected chi connectivity index (χ3v) is 2.32. The zero-order chi connectivity index (χ0) is 13.5. The molecule has 0 saturated heterocycles. The van der Waals surface area contributed by atoms with Crippen molar-refractivity contribution in [1.82, 2.24) is 10.1 Å². The Bertz CT molecular complexity index is 594. The number of alkyl halides is 3. The zero-order valence-corrected chi connectivity index (χ0v) is 9.60. The van der Waals surface area contributed by atoms with E-state index in [2.05, 4.69) is 26.3 Å². The quantitative estimate of drug-likeness (QED) is 0.623. The number of hydrogen-bond donors (Lipinski definition) is 0. The van der Waals surface area contributed by atoms with E-state index < -0.39 is 28.7 Å². The number of nitrogens with zero attached hydrogens (tertiary/aromatic N) is 2. The van der Waals surface area contributed by atoms with Gasteiger partial charge in [-0.1, -0.05) is 5.16 Å². The lowest BCUT2D eigenvalue weighted by Crippen LogP contribution is -2.03. The molecule has 3 nitrogen and oxygen atoms in total. The Morgan fingerprint density at radius 3 is 2.44 bits per heavy atom. The lowest BCUT2D eigenvalue weighted by Gasteiger charge is -2.01. The van der Waals surface area contributed by atoms with Crippen LogP contribution in [-0.4, -0.2) is 10.1 Å². The van der Waals surface area contributed by atoms with Crippen molar-refractivity contribution in [3.05, 3.63) is 35.2 Å². The van der Waals surface area contributed by atoms with Crippen LogP contribution < -0.4 is 0 Å². The van der Waals surface area contributed by atoms with Gasteiger partial charge in [0.15, 0.2) is 0 Å². The molecule has 1 heterocycles. The summed E-state index contributed by atoms with van der Waals surface area (Å²) < 4.78 is 56.2. The predicted molar refractivity (Wildman–Crippen MR) is 54.1 cm³/mol. The number of rotatable bonds is 2. The highest BCUT2D eigenvalue weighted by Gasteiger charge is 2.36. The highest BCUT2D eigenvalue weighted by Crippen LogP contribution is 2.32. The maximum atomic E-state index is 13.5. The smallest absolute Gasteiger partial charge is 0.331 e. The van der Waals surface area contributed by atoms with Crippen LogP contribution in [0.25, 0.3) is 11.4 Å². The van der Waals surface area contributed by atoms with E-state index in [9.17, 15) is 17.6 Å². The second-order valence-electron chi connectivity index (χ2n) is 3.50. The second-order valence-corrected chi connectivity index (χ2v) is 3.98. The van der Waals surface area contributed by atoms with Gasteiger partial charge in [0.1, 0.15) is 11.6 Å². The molecule has 18 heavy (non-hydrogen) atoms. The summed E-state index contributed by atoms with van der Waals surface area (Å²) in [5.41, 5.74) is -0.309. The number of aryl methyl sites for hydroxylation is 1. The minimum atomic E-state index is -3.86. The molecule has 8 heteroatoms. The van der Waals surface area contributed by atoms with Gasteiger partial charge in [-0.2, -0.15) is 13.8 Å². The van der Waals surface area contributed by atoms with Crippen molar-refractivity contribution in [3.8, 4) is 11.4 Å². The Morgan fingerprint density at radius 2 is 1.89 bits per heavy atom. The summed E-state index contributed by atoms with van der Waals surface area (Å²) in [6.07, 6.45) is 0. The summed E-state index contributed by atoms with van der Waals surface area (Å²) in [6, 6.07) is 1.70. The van der Waals surface area contributed by atoms with Crippen molar-refractivity contribution < 1.29 is 22.1 Å². The Morgan fingerprint density at radius 1 is 1.22 bits per heavy atom. The predicted octanol–water partition coefficient (Wildman–Crippen LogP) is 3.61. The molecule has 0 aliphatic heterocycles. The first-order valence-electron chi connectivity index (χ1n) is 4.66. The second kappa shape index (κ2) is 4.24. The van der Waals surface area contributed by atoms with Crippen molar-refractivity contribution in [2.45, 2.75) is 12.3 Å². The van der Waals surface area contributed by atoms with Crippen molar-refractivity contribution >= 4 is 11.6 Å². The number of hydrogen-bond acceptors (Lipinski definition) is 3. The van der Waals surface area contributed by atoms with Gasteiger partial charge in [-0.05, 0) is 36.2 Å². The highest BCUT2D eigenvalue weighted by atomic mass is 35.5. The molecule has 2 rings (SSSR count). The van der Waals surface area contributed by atoms with Crippen LogP contribution in [0, 0.1) is 18.6 Å². The van der Waals surface area contributed by atoms with Crippen LogP contribution in [0.15, 0.2) is 16.7 Å². The van der Waals surface area contributed by atoms with E-state index in [0.29, 0.717) is 0 Å². The first-order chi connectivity index (χ1) is 8.29. The van der Waals surface area contributed by atoms with Crippen molar-refractivity contribution in [2.75, 3.05) is 0 Å². The topological polar surface area (TPSA) is 38.9 Å². The summed E-state index contributed by atoms with van der Waals surface area (Å²) in [7, 11) is 0. The zero-order valence-electron chi connectivity index (χ0n) is 8.85. The third kappa shape index (κ3) is 2.31. The Hall–Kier alpha value is -1.63. The lowest BCUT2D eigenvalue weighted by molar-refractivity contribution is 0.0551. The SMILES string of the molecule is Cc1cc(F)c(-c2noc(C(F)(F)Cl)n2)cc1F. The van der Waals surface area contributed by atoms with Crippen LogP contribution in [-0.2, 0) is 5.38 Å². The number of benzene rings is 1. The van der Waals surface area contributed by atoms with Gasteiger partial charge in [0, 0.05) is 0 Å². The monoisotopic (exact) mass is 280 g/mol. The van der Waals surface area contributed by atoms with E-state index >= 15 is 0 Å². The van der Waals surface area contributed by atoms with Crippen LogP contribution in [0.4, 0.5) is 17.6 Å². The normalized spacial score (nSPS) is 11.9. The summed E-state index contributed by atoms with van der Waals surface area (Å²) >= 11 is 4.66. The Kier molecular flexibility index (Phi) is 3.02. The van der Waals surface area contributed by atoms with Gasteiger partial charge in [0.2, 0.25) is 5.82 Å². The molecule has 0 unspecified atom stereocenters. The maximum Gasteiger partial charge on any atom is 0.400 e. The molecule has 1 aromatic heterocycles. The van der Waals surface area contributed by atoms with E-state index in [0.717, 1.165) is 12.1 Å². The summed E-state index contributed by atoms with van der Waals surface area (Å²) in [5.74, 6) is -3.24. The average molecular weight is 281 g/mol. The van der Waals surface area contributed by atoms with Crippen molar-refractivity contribution in [1.29, 1.82) is 0 Å². The highest BCUT2D eigenvalue weighted by molar-refractivity contribution is 6.21. The molecule has 1 aromatic carbocycles. The van der Waals surface area contributed by atoms with E-state index in [1.165, 1.54) is 6.92 Å². The molecule has 0 spiro atoms. The standard InChI is InChI=1S/C10H5ClF4N2O/c1-4-2-7(13)5(3-6(4)12)8-16-9(18-17-8)10(11,14)15/h2-3H,1H3. The fourth-order valence-corrected chi connectivity index (χ4v) is 1.34. The molecule has 0 aliphatic carbocycles. The molecule has 2 aromatic rings. The van der Waals surface area contributed by atoms with E-state index in [-0.39, 0.29) is 11.1 Å². The molecule has 0 atom stereocenters. The Balaban J connectivity index is 2.50. The van der Waals surface area contributed by atoms with Crippen LogP contribution >= 0.6 is 11.6 Å². The van der Waals surface area contributed by atoms with Crippen LogP contribution in [0.5, 0.6) is 0 Å². The van der Waals surface area contributed by atoms with Gasteiger partial charge in [-0.3, -0.25) is 0 Å². The van der Waals surface area contributed by atoms with Gasteiger partial charge in [0.05, 0.1) is 5.56 Å². The fraction of sp³-hybridized carbons (Fsp3) is 0.200. The minimum Gasteiger partial charge on any atom is -0.331 e. The molecule has 0 N–H and O–H groups in total. The van der Waals surface area contributed by atoms with Crippen LogP contribution in [0.2, 0.25) is 0 Å². The molecular formula is C10H5ClF4N2O. The average Bonchev–Trinajstić information content (AvgIpc) is 2.72. The number of aromatic nitrogens is 2. The number of halogens is 5. The van der Waals surface area contributed by atoms with Crippen molar-refractivity contribution in [3.63, 3.8) is 0 Å². The summed E-state index contributed by atoms with van der Waals surface area (Å²) in [4.78, 5) is 3.22. The van der Waals surface area contributed by atoms with E-state index in [1.807, 2.05) is 0 Å². The van der Waals surface area contributed by atoms with Crippen molar-refractivity contribution in [2.24, 2.45) is 0 Å².